The van der Waals surface area contributed by atoms with Gasteiger partial charge >= 0.3 is 5.97 Å². The van der Waals surface area contributed by atoms with Gasteiger partial charge in [-0.1, -0.05) is 54.5 Å². The van der Waals surface area contributed by atoms with E-state index in [1.54, 1.807) is 24.7 Å². The van der Waals surface area contributed by atoms with Gasteiger partial charge in [-0.3, -0.25) is 10.6 Å². The summed E-state index contributed by atoms with van der Waals surface area (Å²) in [5, 5.41) is 2.03. The molecule has 1 aromatic carbocycles. The minimum Gasteiger partial charge on any atom is -0.466 e. The Balaban J connectivity index is 0.000000450. The molecule has 0 spiro atoms. The van der Waals surface area contributed by atoms with E-state index in [9.17, 15) is 4.79 Å². The van der Waals surface area contributed by atoms with E-state index in [2.05, 4.69) is 46.2 Å². The highest BCUT2D eigenvalue weighted by atomic mass is 32.1. The lowest BCUT2D eigenvalue weighted by molar-refractivity contribution is -0.140. The maximum atomic E-state index is 9.82. The third kappa shape index (κ3) is 7.24. The zero-order chi connectivity index (χ0) is 18.7. The zero-order valence-electron chi connectivity index (χ0n) is 14.8. The smallest absolute Gasteiger partial charge is 0.302 e. The summed E-state index contributed by atoms with van der Waals surface area (Å²) in [6, 6.07) is 10.2. The number of H-pyrrole nitrogens is 1. The molecular weight excluding hydrogens is 334 g/mol. The lowest BCUT2D eigenvalue weighted by Gasteiger charge is -2.11. The first-order valence-corrected chi connectivity index (χ1v) is 8.72. The van der Waals surface area contributed by atoms with Gasteiger partial charge in [-0.25, -0.2) is 0 Å². The molecule has 0 unspecified atom stereocenters. The van der Waals surface area contributed by atoms with Gasteiger partial charge in [-0.15, -0.1) is 0 Å². The van der Waals surface area contributed by atoms with Crippen LogP contribution in [-0.2, 0) is 9.53 Å². The molecule has 0 aliphatic rings. The van der Waals surface area contributed by atoms with Crippen LogP contribution in [0.5, 0.6) is 0 Å². The molecule has 0 radical (unpaired) electrons. The number of carbonyl (C=O) groups is 1. The molecule has 0 saturated heterocycles. The maximum absolute atomic E-state index is 9.82. The summed E-state index contributed by atoms with van der Waals surface area (Å²) >= 11 is 1.55. The van der Waals surface area contributed by atoms with Gasteiger partial charge in [0.2, 0.25) is 0 Å². The van der Waals surface area contributed by atoms with Crippen LogP contribution in [0.3, 0.4) is 0 Å². The Labute approximate surface area is 153 Å². The van der Waals surface area contributed by atoms with Crippen molar-refractivity contribution in [3.05, 3.63) is 71.4 Å². The number of rotatable bonds is 6. The van der Waals surface area contributed by atoms with E-state index in [0.717, 1.165) is 16.8 Å². The monoisotopic (exact) mass is 359 g/mol. The van der Waals surface area contributed by atoms with E-state index >= 15 is 0 Å². The molecule has 134 valence electrons. The lowest BCUT2D eigenvalue weighted by atomic mass is 10.0. The molecule has 1 aromatic heterocycles. The number of aromatic nitrogens is 1. The summed E-state index contributed by atoms with van der Waals surface area (Å²) < 4.78 is 7.55. The Bertz CT molecular complexity index is 718. The second-order valence-corrected chi connectivity index (χ2v) is 5.79. The molecule has 2 aromatic rings. The molecule has 5 nitrogen and oxygen atoms in total. The van der Waals surface area contributed by atoms with Gasteiger partial charge < -0.3 is 14.5 Å². The van der Waals surface area contributed by atoms with Crippen LogP contribution in [0, 0.1) is 0 Å². The van der Waals surface area contributed by atoms with Crippen LogP contribution in [0.2, 0.25) is 0 Å². The first-order valence-electron chi connectivity index (χ1n) is 7.84. The van der Waals surface area contributed by atoms with Crippen LogP contribution in [-0.4, -0.2) is 16.9 Å². The van der Waals surface area contributed by atoms with Crippen molar-refractivity contribution >= 4 is 28.6 Å². The second-order valence-electron chi connectivity index (χ2n) is 5.12. The van der Waals surface area contributed by atoms with Gasteiger partial charge in [0.25, 0.3) is 0 Å². The van der Waals surface area contributed by atoms with Crippen molar-refractivity contribution in [1.82, 2.24) is 9.80 Å². The van der Waals surface area contributed by atoms with E-state index in [1.165, 1.54) is 18.1 Å². The van der Waals surface area contributed by atoms with Gasteiger partial charge in [-0.2, -0.15) is 0 Å². The van der Waals surface area contributed by atoms with Crippen LogP contribution < -0.4 is 11.3 Å². The number of nitrogens with one attached hydrogen (secondary N) is 2. The van der Waals surface area contributed by atoms with E-state index in [0.29, 0.717) is 6.61 Å². The van der Waals surface area contributed by atoms with Crippen LogP contribution in [0.1, 0.15) is 32.0 Å². The zero-order valence-corrected chi connectivity index (χ0v) is 15.7. The minimum absolute atomic E-state index is 0.211. The molecule has 0 amide bonds. The van der Waals surface area contributed by atoms with Gasteiger partial charge in [0, 0.05) is 24.1 Å². The molecule has 6 heteroatoms. The summed E-state index contributed by atoms with van der Waals surface area (Å²) in [7, 11) is 0. The highest BCUT2D eigenvalue weighted by Crippen LogP contribution is 2.26. The summed E-state index contributed by atoms with van der Waals surface area (Å²) in [5.41, 5.74) is 7.84. The Morgan fingerprint density at radius 1 is 1.36 bits per heavy atom. The third-order valence-corrected chi connectivity index (χ3v) is 3.87. The maximum Gasteiger partial charge on any atom is 0.302 e. The molecule has 0 fully saturated rings. The summed E-state index contributed by atoms with van der Waals surface area (Å²) in [6.07, 6.45) is 3.81. The van der Waals surface area contributed by atoms with Crippen molar-refractivity contribution in [3.63, 3.8) is 0 Å². The molecule has 0 bridgehead atoms. The largest absolute Gasteiger partial charge is 0.466 e. The first-order chi connectivity index (χ1) is 12.0. The van der Waals surface area contributed by atoms with Gasteiger partial charge in [0.1, 0.15) is 0 Å². The molecule has 4 N–H and O–H groups in total. The fraction of sp³-hybridized carbons (Fsp3) is 0.211. The number of allylic oxidation sites excluding steroid dienone is 4. The average molecular weight is 359 g/mol. The van der Waals surface area contributed by atoms with Crippen molar-refractivity contribution in [2.45, 2.75) is 20.8 Å². The quantitative estimate of drug-likeness (QED) is 0.314. The Hall–Kier alpha value is -2.57. The molecule has 0 aliphatic carbocycles. The van der Waals surface area contributed by atoms with Crippen LogP contribution in [0.4, 0.5) is 0 Å². The molecule has 2 rings (SSSR count). The topological polar surface area (TPSA) is 80.1 Å². The predicted molar refractivity (Wildman–Crippen MR) is 106 cm³/mol. The number of hydrogen-bond acceptors (Lipinski definition) is 5. The highest BCUT2D eigenvalue weighted by molar-refractivity contribution is 7.05. The van der Waals surface area contributed by atoms with Gasteiger partial charge in [0.05, 0.1) is 12.3 Å². The number of esters is 1. The number of benzene rings is 1. The summed E-state index contributed by atoms with van der Waals surface area (Å²) in [5.74, 6) is 5.17. The average Bonchev–Trinajstić information content (AvgIpc) is 2.54. The van der Waals surface area contributed by atoms with Gasteiger partial charge in [-0.05, 0) is 30.6 Å². The van der Waals surface area contributed by atoms with Crippen molar-refractivity contribution in [3.8, 4) is 0 Å². The Kier molecular flexibility index (Phi) is 9.06. The molecule has 25 heavy (non-hydrogen) atoms. The second kappa shape index (κ2) is 11.1. The number of hydrogen-bond donors (Lipinski definition) is 3. The van der Waals surface area contributed by atoms with Crippen molar-refractivity contribution in [1.29, 1.82) is 0 Å². The first kappa shape index (κ1) is 20.5. The SMILES string of the molecule is C=C(/C=C(\C)c1ccccc1)/C(=C\NN)c1cs[nH]1.CCOC(C)=O. The van der Waals surface area contributed by atoms with Crippen LogP contribution in [0.15, 0.2) is 60.1 Å². The highest BCUT2D eigenvalue weighted by Gasteiger charge is 2.07. The molecular formula is C19H25N3O2S. The molecule has 0 atom stereocenters. The van der Waals surface area contributed by atoms with Crippen molar-refractivity contribution in [2.24, 2.45) is 5.84 Å². The molecule has 1 heterocycles. The van der Waals surface area contributed by atoms with Crippen molar-refractivity contribution in [2.75, 3.05) is 6.61 Å². The number of carbonyl (C=O) groups excluding carboxylic acids is 1. The molecule has 0 saturated carbocycles. The van der Waals surface area contributed by atoms with Crippen LogP contribution in [0.25, 0.3) is 11.1 Å². The fourth-order valence-corrected chi connectivity index (χ4v) is 2.46. The third-order valence-electron chi connectivity index (χ3n) is 3.18. The summed E-state index contributed by atoms with van der Waals surface area (Å²) in [4.78, 5) is 9.82. The van der Waals surface area contributed by atoms with Gasteiger partial charge in [0.15, 0.2) is 0 Å². The predicted octanol–water partition coefficient (Wildman–Crippen LogP) is 4.11. The fourth-order valence-electron chi connectivity index (χ4n) is 1.99. The number of aromatic amines is 1. The van der Waals surface area contributed by atoms with E-state index in [-0.39, 0.29) is 5.97 Å². The lowest BCUT2D eigenvalue weighted by Crippen LogP contribution is -2.14. The van der Waals surface area contributed by atoms with E-state index in [4.69, 9.17) is 5.84 Å². The number of ether oxygens (including phenoxy) is 1. The van der Waals surface area contributed by atoms with E-state index < -0.39 is 0 Å². The number of hydrazine groups is 1. The van der Waals surface area contributed by atoms with Crippen molar-refractivity contribution < 1.29 is 9.53 Å². The Morgan fingerprint density at radius 2 is 2.00 bits per heavy atom. The standard InChI is InChI=1S/C15H17N3S.C4H8O2/c1-11(13-6-4-3-5-7-13)8-12(2)14(9-17-16)15-10-19-18-15;1-3-6-4(2)5/h3-10,17-18H,2,16H2,1H3;3H2,1-2H3/b11-8+,14-9+;. The minimum atomic E-state index is -0.211. The Morgan fingerprint density at radius 3 is 2.40 bits per heavy atom. The normalized spacial score (nSPS) is 11.4. The molecule has 0 aliphatic heterocycles. The summed E-state index contributed by atoms with van der Waals surface area (Å²) in [6.45, 7) is 9.84. The van der Waals surface area contributed by atoms with Crippen LogP contribution >= 0.6 is 11.5 Å². The van der Waals surface area contributed by atoms with E-state index in [1.807, 2.05) is 23.6 Å². The number of nitrogens with two attached hydrogens (primary N) is 1.